The van der Waals surface area contributed by atoms with E-state index in [1.165, 1.54) is 33.3 Å². The Morgan fingerprint density at radius 2 is 1.11 bits per heavy atom. The monoisotopic (exact) mass is 576 g/mol. The summed E-state index contributed by atoms with van der Waals surface area (Å²) >= 11 is 0. The van der Waals surface area contributed by atoms with E-state index >= 15 is 0 Å². The Balaban J connectivity index is 1.14. The van der Waals surface area contributed by atoms with Crippen LogP contribution in [0.2, 0.25) is 0 Å². The molecule has 0 amide bonds. The molecule has 2 aliphatic rings. The zero-order valence-electron chi connectivity index (χ0n) is 24.5. The lowest BCUT2D eigenvalue weighted by molar-refractivity contribution is 0.830. The van der Waals surface area contributed by atoms with E-state index in [4.69, 9.17) is 15.0 Å². The number of anilines is 2. The quantitative estimate of drug-likeness (QED) is 0.209. The molecule has 4 heteroatoms. The zero-order valence-corrected chi connectivity index (χ0v) is 24.5. The molecule has 1 atom stereocenters. The lowest BCUT2D eigenvalue weighted by Gasteiger charge is -2.28. The van der Waals surface area contributed by atoms with Crippen LogP contribution >= 0.6 is 0 Å². The largest absolute Gasteiger partial charge is 0.333 e. The lowest BCUT2D eigenvalue weighted by Crippen LogP contribution is -2.27. The number of hydrogen-bond acceptors (Lipinski definition) is 4. The predicted molar refractivity (Wildman–Crippen MR) is 185 cm³/mol. The smallest absolute Gasteiger partial charge is 0.164 e. The minimum absolute atomic E-state index is 0.319. The SMILES string of the molecule is C1=CCC2C(=C1)c1ccccc1N2c1ccc2cc(-c3nc(-c4ccccc4)nc(-c4ccc5ccccc5c4)n3)ccc2c1. The highest BCUT2D eigenvalue weighted by Crippen LogP contribution is 2.47. The van der Waals surface area contributed by atoms with Crippen LogP contribution in [-0.4, -0.2) is 21.0 Å². The maximum atomic E-state index is 5.02. The van der Waals surface area contributed by atoms with E-state index < -0.39 is 0 Å². The molecule has 2 heterocycles. The summed E-state index contributed by atoms with van der Waals surface area (Å²) in [5.74, 6) is 1.99. The second-order valence-corrected chi connectivity index (χ2v) is 11.7. The number of para-hydroxylation sites is 1. The number of nitrogens with zero attached hydrogens (tertiary/aromatic N) is 4. The van der Waals surface area contributed by atoms with Crippen LogP contribution in [0.1, 0.15) is 12.0 Å². The molecule has 7 aromatic rings. The zero-order chi connectivity index (χ0) is 29.7. The number of allylic oxidation sites excluding steroid dienone is 2. The molecule has 0 spiro atoms. The molecule has 0 saturated carbocycles. The third-order valence-electron chi connectivity index (χ3n) is 8.95. The van der Waals surface area contributed by atoms with E-state index in [-0.39, 0.29) is 0 Å². The predicted octanol–water partition coefficient (Wildman–Crippen LogP) is 10.0. The summed E-state index contributed by atoms with van der Waals surface area (Å²) < 4.78 is 0. The van der Waals surface area contributed by atoms with Gasteiger partial charge in [-0.2, -0.15) is 0 Å². The van der Waals surface area contributed by atoms with Crippen molar-refractivity contribution in [1.29, 1.82) is 0 Å². The van der Waals surface area contributed by atoms with Gasteiger partial charge < -0.3 is 4.90 Å². The Kier molecular flexibility index (Phi) is 5.91. The van der Waals surface area contributed by atoms with E-state index in [0.717, 1.165) is 33.9 Å². The van der Waals surface area contributed by atoms with Gasteiger partial charge in [0.25, 0.3) is 0 Å². The molecular weight excluding hydrogens is 548 g/mol. The highest BCUT2D eigenvalue weighted by atomic mass is 15.2. The van der Waals surface area contributed by atoms with E-state index in [9.17, 15) is 0 Å². The van der Waals surface area contributed by atoms with E-state index in [2.05, 4.69) is 126 Å². The van der Waals surface area contributed by atoms with Crippen molar-refractivity contribution >= 4 is 38.5 Å². The molecular formula is C41H28N4. The Hall–Kier alpha value is -5.87. The first kappa shape index (κ1) is 25.6. The Labute approximate surface area is 261 Å². The highest BCUT2D eigenvalue weighted by molar-refractivity contribution is 5.96. The minimum atomic E-state index is 0.319. The molecule has 45 heavy (non-hydrogen) atoms. The minimum Gasteiger partial charge on any atom is -0.333 e. The van der Waals surface area contributed by atoms with Gasteiger partial charge in [-0.25, -0.2) is 15.0 Å². The van der Waals surface area contributed by atoms with Gasteiger partial charge in [0, 0.05) is 33.6 Å². The number of rotatable bonds is 4. The van der Waals surface area contributed by atoms with Gasteiger partial charge in [-0.05, 0) is 63.9 Å². The van der Waals surface area contributed by atoms with Gasteiger partial charge >= 0.3 is 0 Å². The van der Waals surface area contributed by atoms with Gasteiger partial charge in [-0.1, -0.05) is 121 Å². The van der Waals surface area contributed by atoms with Gasteiger partial charge in [-0.15, -0.1) is 0 Å². The first-order valence-electron chi connectivity index (χ1n) is 15.4. The number of aromatic nitrogens is 3. The standard InChI is InChI=1S/C41H28N4/c1-2-11-28(12-3-1)39-42-40(32-20-18-27-10-4-5-13-29(27)24-32)44-41(43-39)33-21-19-31-26-34(23-22-30(31)25-33)45-37-16-8-6-14-35(37)36-15-7-9-17-38(36)45/h1-16,18-26,38H,17H2. The van der Waals surface area contributed by atoms with Crippen LogP contribution in [-0.2, 0) is 0 Å². The fraction of sp³-hybridized carbons (Fsp3) is 0.0488. The lowest BCUT2D eigenvalue weighted by atomic mass is 9.96. The van der Waals surface area contributed by atoms with Gasteiger partial charge in [0.05, 0.1) is 6.04 Å². The average molecular weight is 577 g/mol. The molecule has 0 radical (unpaired) electrons. The molecule has 0 N–H and O–H groups in total. The van der Waals surface area contributed by atoms with Crippen LogP contribution in [0.5, 0.6) is 0 Å². The van der Waals surface area contributed by atoms with Crippen LogP contribution in [0, 0.1) is 0 Å². The normalized spacial score (nSPS) is 15.2. The fourth-order valence-electron chi connectivity index (χ4n) is 6.75. The summed E-state index contributed by atoms with van der Waals surface area (Å²) in [4.78, 5) is 17.4. The summed E-state index contributed by atoms with van der Waals surface area (Å²) in [5, 5.41) is 4.69. The van der Waals surface area contributed by atoms with Crippen molar-refractivity contribution in [3.8, 4) is 34.2 Å². The van der Waals surface area contributed by atoms with E-state index in [1.54, 1.807) is 0 Å². The molecule has 212 valence electrons. The van der Waals surface area contributed by atoms with Gasteiger partial charge in [0.1, 0.15) is 0 Å². The van der Waals surface area contributed by atoms with Crippen LogP contribution in [0.4, 0.5) is 11.4 Å². The number of fused-ring (bicyclic) bond motifs is 5. The highest BCUT2D eigenvalue weighted by Gasteiger charge is 2.34. The van der Waals surface area contributed by atoms with Crippen LogP contribution in [0.15, 0.2) is 152 Å². The average Bonchev–Trinajstić information content (AvgIpc) is 3.45. The van der Waals surface area contributed by atoms with E-state index in [0.29, 0.717) is 23.5 Å². The van der Waals surface area contributed by atoms with Crippen LogP contribution in [0.25, 0.3) is 61.3 Å². The first-order chi connectivity index (χ1) is 22.3. The molecule has 0 saturated heterocycles. The molecule has 1 aliphatic heterocycles. The van der Waals surface area contributed by atoms with Crippen molar-refractivity contribution in [1.82, 2.24) is 15.0 Å². The molecule has 1 aromatic heterocycles. The topological polar surface area (TPSA) is 41.9 Å². The van der Waals surface area contributed by atoms with Crippen molar-refractivity contribution in [2.45, 2.75) is 12.5 Å². The summed E-state index contributed by atoms with van der Waals surface area (Å²) in [6.07, 6.45) is 7.72. The van der Waals surface area contributed by atoms with Crippen molar-refractivity contribution in [2.75, 3.05) is 4.90 Å². The van der Waals surface area contributed by atoms with Crippen LogP contribution in [0.3, 0.4) is 0 Å². The van der Waals surface area contributed by atoms with Gasteiger partial charge in [-0.3, -0.25) is 0 Å². The fourth-order valence-corrected chi connectivity index (χ4v) is 6.75. The molecule has 1 unspecified atom stereocenters. The third-order valence-corrected chi connectivity index (χ3v) is 8.95. The first-order valence-corrected chi connectivity index (χ1v) is 15.4. The molecule has 0 bridgehead atoms. The summed E-state index contributed by atoms with van der Waals surface area (Å²) in [5.41, 5.74) is 8.10. The summed E-state index contributed by atoms with van der Waals surface area (Å²) in [6, 6.07) is 47.2. The van der Waals surface area contributed by atoms with Gasteiger partial charge in [0.15, 0.2) is 17.5 Å². The van der Waals surface area contributed by atoms with Crippen molar-refractivity contribution in [3.05, 3.63) is 157 Å². The molecule has 4 nitrogen and oxygen atoms in total. The summed E-state index contributed by atoms with van der Waals surface area (Å²) in [6.45, 7) is 0. The second kappa shape index (κ2) is 10.4. The second-order valence-electron chi connectivity index (χ2n) is 11.7. The molecule has 6 aromatic carbocycles. The van der Waals surface area contributed by atoms with Crippen LogP contribution < -0.4 is 4.90 Å². The van der Waals surface area contributed by atoms with Crippen molar-refractivity contribution < 1.29 is 0 Å². The summed E-state index contributed by atoms with van der Waals surface area (Å²) in [7, 11) is 0. The number of benzene rings is 6. The van der Waals surface area contributed by atoms with E-state index in [1.807, 2.05) is 30.3 Å². The third kappa shape index (κ3) is 4.42. The Morgan fingerprint density at radius 1 is 0.511 bits per heavy atom. The molecule has 0 fully saturated rings. The van der Waals surface area contributed by atoms with Crippen molar-refractivity contribution in [2.24, 2.45) is 0 Å². The Bertz CT molecular complexity index is 2320. The number of hydrogen-bond donors (Lipinski definition) is 0. The molecule has 1 aliphatic carbocycles. The van der Waals surface area contributed by atoms with Gasteiger partial charge in [0.2, 0.25) is 0 Å². The molecule has 9 rings (SSSR count). The Morgan fingerprint density at radius 3 is 1.91 bits per heavy atom. The maximum Gasteiger partial charge on any atom is 0.164 e. The maximum absolute atomic E-state index is 5.02. The van der Waals surface area contributed by atoms with Crippen molar-refractivity contribution in [3.63, 3.8) is 0 Å².